The summed E-state index contributed by atoms with van der Waals surface area (Å²) in [7, 11) is 0. The minimum Gasteiger partial charge on any atom is -0.388 e. The Morgan fingerprint density at radius 3 is 2.47 bits per heavy atom. The molecule has 3 rings (SSSR count). The molecule has 0 saturated carbocycles. The number of anilines is 1. The van der Waals surface area contributed by atoms with E-state index in [1.807, 2.05) is 0 Å². The normalized spacial score (nSPS) is 16.0. The van der Waals surface area contributed by atoms with Crippen LogP contribution in [0.4, 0.5) is 5.13 Å². The van der Waals surface area contributed by atoms with Crippen LogP contribution in [0.1, 0.15) is 29.0 Å². The lowest BCUT2D eigenvalue weighted by atomic mass is 10.1. The number of aliphatic hydroxyl groups excluding tert-OH is 1. The van der Waals surface area contributed by atoms with Crippen molar-refractivity contribution in [3.8, 4) is 0 Å². The van der Waals surface area contributed by atoms with Crippen molar-refractivity contribution >= 4 is 16.5 Å². The number of aliphatic hydroxyl groups is 1. The predicted octanol–water partition coefficient (Wildman–Crippen LogP) is 2.72. The van der Waals surface area contributed by atoms with E-state index in [1.165, 1.54) is 11.1 Å². The first-order valence-corrected chi connectivity index (χ1v) is 6.51. The summed E-state index contributed by atoms with van der Waals surface area (Å²) in [6.45, 7) is 3.61. The number of nitrogens with zero attached hydrogens (tertiary/aromatic N) is 2. The quantitative estimate of drug-likeness (QED) is 0.885. The molecule has 17 heavy (non-hydrogen) atoms. The minimum atomic E-state index is -0.425. The summed E-state index contributed by atoms with van der Waals surface area (Å²) in [5, 5.41) is 10.5. The summed E-state index contributed by atoms with van der Waals surface area (Å²) in [4.78, 5) is 7.56. The molecule has 1 unspecified atom stereocenters. The molecule has 0 fully saturated rings. The zero-order valence-corrected chi connectivity index (χ0v) is 10.4. The summed E-state index contributed by atoms with van der Waals surface area (Å²) in [5.41, 5.74) is 2.75. The highest BCUT2D eigenvalue weighted by Crippen LogP contribution is 2.32. The molecule has 0 spiro atoms. The van der Waals surface area contributed by atoms with E-state index in [0.717, 1.165) is 23.1 Å². The Labute approximate surface area is 104 Å². The van der Waals surface area contributed by atoms with Gasteiger partial charge in [-0.2, -0.15) is 0 Å². The molecule has 1 aromatic heterocycles. The third-order valence-electron chi connectivity index (χ3n) is 3.03. The molecule has 2 heterocycles. The van der Waals surface area contributed by atoms with Gasteiger partial charge < -0.3 is 10.0 Å². The van der Waals surface area contributed by atoms with Crippen molar-refractivity contribution in [3.63, 3.8) is 0 Å². The van der Waals surface area contributed by atoms with Crippen molar-refractivity contribution < 1.29 is 5.11 Å². The van der Waals surface area contributed by atoms with Crippen LogP contribution in [-0.4, -0.2) is 10.1 Å². The van der Waals surface area contributed by atoms with Gasteiger partial charge in [0.25, 0.3) is 0 Å². The fourth-order valence-corrected chi connectivity index (χ4v) is 2.94. The maximum atomic E-state index is 9.51. The summed E-state index contributed by atoms with van der Waals surface area (Å²) < 4.78 is 0. The van der Waals surface area contributed by atoms with E-state index >= 15 is 0 Å². The zero-order valence-electron chi connectivity index (χ0n) is 9.63. The van der Waals surface area contributed by atoms with Gasteiger partial charge in [-0.25, -0.2) is 4.98 Å². The smallest absolute Gasteiger partial charge is 0.186 e. The van der Waals surface area contributed by atoms with Crippen molar-refractivity contribution in [2.24, 2.45) is 0 Å². The highest BCUT2D eigenvalue weighted by Gasteiger charge is 2.21. The molecule has 1 aliphatic rings. The topological polar surface area (TPSA) is 36.4 Å². The lowest BCUT2D eigenvalue weighted by Gasteiger charge is -2.12. The van der Waals surface area contributed by atoms with Gasteiger partial charge in [-0.05, 0) is 18.1 Å². The molecule has 1 N–H and O–H groups in total. The van der Waals surface area contributed by atoms with Crippen molar-refractivity contribution in [1.82, 2.24) is 4.98 Å². The molecule has 0 bridgehead atoms. The average molecular weight is 246 g/mol. The maximum Gasteiger partial charge on any atom is 0.186 e. The van der Waals surface area contributed by atoms with Gasteiger partial charge in [0.2, 0.25) is 0 Å². The van der Waals surface area contributed by atoms with Gasteiger partial charge >= 0.3 is 0 Å². The Kier molecular flexibility index (Phi) is 2.61. The molecule has 0 radical (unpaired) electrons. The van der Waals surface area contributed by atoms with Gasteiger partial charge in [0.15, 0.2) is 5.13 Å². The largest absolute Gasteiger partial charge is 0.388 e. The van der Waals surface area contributed by atoms with Gasteiger partial charge in [-0.15, -0.1) is 0 Å². The van der Waals surface area contributed by atoms with E-state index < -0.39 is 6.10 Å². The number of aromatic nitrogens is 1. The first-order chi connectivity index (χ1) is 8.24. The monoisotopic (exact) mass is 246 g/mol. The summed E-state index contributed by atoms with van der Waals surface area (Å²) in [6.07, 6.45) is 1.35. The number of hydrogen-bond donors (Lipinski definition) is 1. The fourth-order valence-electron chi connectivity index (χ4n) is 2.08. The number of hydrogen-bond acceptors (Lipinski definition) is 4. The van der Waals surface area contributed by atoms with E-state index in [-0.39, 0.29) is 0 Å². The maximum absolute atomic E-state index is 9.51. The fraction of sp³-hybridized carbons (Fsp3) is 0.308. The van der Waals surface area contributed by atoms with Crippen LogP contribution in [0.25, 0.3) is 0 Å². The van der Waals surface area contributed by atoms with Crippen LogP contribution in [0, 0.1) is 0 Å². The molecule has 0 aliphatic carbocycles. The predicted molar refractivity (Wildman–Crippen MR) is 69.1 cm³/mol. The van der Waals surface area contributed by atoms with Crippen molar-refractivity contribution in [2.45, 2.75) is 26.1 Å². The van der Waals surface area contributed by atoms with Gasteiger partial charge in [0.1, 0.15) is 0 Å². The summed E-state index contributed by atoms with van der Waals surface area (Å²) >= 11 is 1.57. The molecule has 1 aliphatic heterocycles. The Bertz CT molecular complexity index is 511. The average Bonchev–Trinajstić information content (AvgIpc) is 2.95. The van der Waals surface area contributed by atoms with Gasteiger partial charge in [-0.1, -0.05) is 35.6 Å². The van der Waals surface area contributed by atoms with Crippen molar-refractivity contribution in [3.05, 3.63) is 46.5 Å². The second kappa shape index (κ2) is 4.13. The van der Waals surface area contributed by atoms with Crippen LogP contribution in [0.3, 0.4) is 0 Å². The molecular formula is C13H14N2OS. The summed E-state index contributed by atoms with van der Waals surface area (Å²) in [6, 6.07) is 8.48. The van der Waals surface area contributed by atoms with E-state index in [9.17, 15) is 5.11 Å². The third-order valence-corrected chi connectivity index (χ3v) is 4.26. The van der Waals surface area contributed by atoms with Crippen LogP contribution in [0.2, 0.25) is 0 Å². The number of thiazole rings is 1. The molecule has 4 heteroatoms. The van der Waals surface area contributed by atoms with Gasteiger partial charge in [-0.3, -0.25) is 0 Å². The van der Waals surface area contributed by atoms with Crippen LogP contribution < -0.4 is 4.90 Å². The summed E-state index contributed by atoms with van der Waals surface area (Å²) in [5.74, 6) is 0. The lowest BCUT2D eigenvalue weighted by molar-refractivity contribution is 0.203. The highest BCUT2D eigenvalue weighted by atomic mass is 32.1. The highest BCUT2D eigenvalue weighted by molar-refractivity contribution is 7.15. The van der Waals surface area contributed by atoms with Crippen LogP contribution in [-0.2, 0) is 13.1 Å². The molecule has 2 aromatic rings. The molecule has 1 atom stereocenters. The second-order valence-corrected chi connectivity index (χ2v) is 5.39. The van der Waals surface area contributed by atoms with Crippen molar-refractivity contribution in [2.75, 3.05) is 4.90 Å². The molecule has 3 nitrogen and oxygen atoms in total. The van der Waals surface area contributed by atoms with Crippen molar-refractivity contribution in [1.29, 1.82) is 0 Å². The Balaban J connectivity index is 1.84. The first-order valence-electron chi connectivity index (χ1n) is 5.69. The van der Waals surface area contributed by atoms with Gasteiger partial charge in [0.05, 0.1) is 11.0 Å². The second-order valence-electron chi connectivity index (χ2n) is 4.35. The van der Waals surface area contributed by atoms with E-state index in [2.05, 4.69) is 34.1 Å². The third kappa shape index (κ3) is 1.94. The molecular weight excluding hydrogens is 232 g/mol. The Hall–Kier alpha value is -1.39. The molecule has 0 amide bonds. The molecule has 88 valence electrons. The number of fused-ring (bicyclic) bond motifs is 1. The van der Waals surface area contributed by atoms with Crippen LogP contribution in [0.15, 0.2) is 30.5 Å². The van der Waals surface area contributed by atoms with Gasteiger partial charge in [0, 0.05) is 19.3 Å². The Morgan fingerprint density at radius 1 is 1.29 bits per heavy atom. The SMILES string of the molecule is CC(O)c1cnc(N2Cc3ccccc3C2)s1. The van der Waals surface area contributed by atoms with E-state index in [1.54, 1.807) is 24.5 Å². The first kappa shape index (κ1) is 10.7. The minimum absolute atomic E-state index is 0.425. The van der Waals surface area contributed by atoms with E-state index in [4.69, 9.17) is 0 Å². The van der Waals surface area contributed by atoms with Crippen LogP contribution in [0.5, 0.6) is 0 Å². The standard InChI is InChI=1S/C13H14N2OS/c1-9(16)12-6-14-13(17-12)15-7-10-4-2-3-5-11(10)8-15/h2-6,9,16H,7-8H2,1H3. The zero-order chi connectivity index (χ0) is 11.8. The lowest BCUT2D eigenvalue weighted by Crippen LogP contribution is -2.13. The molecule has 1 aromatic carbocycles. The number of benzene rings is 1. The number of rotatable bonds is 2. The van der Waals surface area contributed by atoms with Crippen LogP contribution >= 0.6 is 11.3 Å². The molecule has 0 saturated heterocycles. The Morgan fingerprint density at radius 2 is 1.94 bits per heavy atom. The van der Waals surface area contributed by atoms with E-state index in [0.29, 0.717) is 0 Å².